The number of aliphatic hydroxyl groups is 2. The van der Waals surface area contributed by atoms with E-state index in [1.54, 1.807) is 103 Å². The van der Waals surface area contributed by atoms with Crippen LogP contribution in [0, 0.1) is 0 Å². The Bertz CT molecular complexity index is 2750. The Morgan fingerprint density at radius 1 is 0.586 bits per heavy atom. The second-order valence-electron chi connectivity index (χ2n) is 16.7. The van der Waals surface area contributed by atoms with E-state index in [-0.39, 0.29) is 37.8 Å². The molecule has 0 fully saturated rings. The number of amides is 6. The lowest BCUT2D eigenvalue weighted by atomic mass is 9.99. The molecular weight excluding hydrogens is 915 g/mol. The van der Waals surface area contributed by atoms with Crippen LogP contribution in [0.15, 0.2) is 151 Å². The van der Waals surface area contributed by atoms with Crippen LogP contribution in [0.3, 0.4) is 0 Å². The lowest BCUT2D eigenvalue weighted by Crippen LogP contribution is -2.60. The van der Waals surface area contributed by atoms with Gasteiger partial charge >= 0.3 is 5.97 Å². The number of nitrogens with zero attached hydrogens (tertiary/aromatic N) is 1. The number of benzene rings is 4. The highest BCUT2D eigenvalue weighted by Gasteiger charge is 2.36. The fourth-order valence-corrected chi connectivity index (χ4v) is 8.54. The predicted molar refractivity (Wildman–Crippen MR) is 260 cm³/mol. The zero-order valence-electron chi connectivity index (χ0n) is 37.6. The first-order valence-electron chi connectivity index (χ1n) is 22.4. The average Bonchev–Trinajstić information content (AvgIpc) is 3.89. The summed E-state index contributed by atoms with van der Waals surface area (Å²) in [6, 6.07) is 30.6. The maximum atomic E-state index is 14.8. The van der Waals surface area contributed by atoms with Crippen molar-refractivity contribution < 1.29 is 48.9 Å². The van der Waals surface area contributed by atoms with Gasteiger partial charge in [0, 0.05) is 55.1 Å². The van der Waals surface area contributed by atoms with Crippen molar-refractivity contribution in [1.29, 1.82) is 0 Å². The number of nitrogens with one attached hydrogen (secondary N) is 6. The minimum atomic E-state index is -2.34. The van der Waals surface area contributed by atoms with E-state index >= 15 is 0 Å². The maximum Gasteiger partial charge on any atom is 0.326 e. The molecule has 7 atom stereocenters. The maximum absolute atomic E-state index is 14.8. The van der Waals surface area contributed by atoms with Crippen LogP contribution in [0.5, 0.6) is 0 Å². The van der Waals surface area contributed by atoms with E-state index in [4.69, 9.17) is 0 Å². The van der Waals surface area contributed by atoms with E-state index in [9.17, 15) is 48.9 Å². The number of hydrogen-bond donors (Lipinski definition) is 9. The molecular formula is C52H51N7O10S. The molecule has 4 aromatic carbocycles. The number of anilines is 1. The van der Waals surface area contributed by atoms with E-state index in [1.165, 1.54) is 35.6 Å². The number of carboxylic acids is 1. The molecule has 4 heterocycles. The van der Waals surface area contributed by atoms with Gasteiger partial charge in [0.2, 0.25) is 23.6 Å². The van der Waals surface area contributed by atoms with Gasteiger partial charge in [-0.1, -0.05) is 103 Å². The first-order chi connectivity index (χ1) is 33.8. The summed E-state index contributed by atoms with van der Waals surface area (Å²) in [5.41, 5.74) is 4.17. The van der Waals surface area contributed by atoms with Gasteiger partial charge in [0.1, 0.15) is 30.2 Å². The van der Waals surface area contributed by atoms with Gasteiger partial charge in [-0.15, -0.1) is 11.3 Å². The standard InChI is InChI=1S/C52H51N7O10S/c60-44-45(61)51(67)58-42(30-38-12-7-25-70-38)49(65)57-40(27-33-13-17-35(18-14-33)36-21-23-53-24-22-36)47(63)55-39(26-31-8-3-1-4-9-31)46(62)56-41(28-34-15-19-37(20-16-34)54-50(44)66)48(64)59-43(52(68)69)29-32-10-5-2-6-11-32/h1-25,39-45,60-61H,26-30H2,(H,54,66)(H,55,63)(H,56,62)(H,57,65)(H,58,67)(H,59,64)(H,68,69)/t39-,40+,41+,42-,43+,44-,45-/m1/s1. The van der Waals surface area contributed by atoms with Crippen LogP contribution in [0.25, 0.3) is 11.1 Å². The zero-order chi connectivity index (χ0) is 49.6. The van der Waals surface area contributed by atoms with Crippen LogP contribution in [0.1, 0.15) is 27.1 Å². The fraction of sp³-hybridized carbons (Fsp3) is 0.231. The number of aromatic nitrogens is 1. The second kappa shape index (κ2) is 23.8. The second-order valence-corrected chi connectivity index (χ2v) is 17.8. The Morgan fingerprint density at radius 2 is 1.11 bits per heavy atom. The number of carboxylic acid groups (broad SMARTS) is 1. The van der Waals surface area contributed by atoms with Crippen molar-refractivity contribution in [3.8, 4) is 11.1 Å². The van der Waals surface area contributed by atoms with Crippen LogP contribution in [0.2, 0.25) is 0 Å². The third kappa shape index (κ3) is 13.8. The summed E-state index contributed by atoms with van der Waals surface area (Å²) in [5.74, 6) is -7.04. The van der Waals surface area contributed by atoms with E-state index in [1.807, 2.05) is 24.3 Å². The Hall–Kier alpha value is -8.06. The van der Waals surface area contributed by atoms with Gasteiger partial charge in [-0.2, -0.15) is 0 Å². The molecule has 0 spiro atoms. The van der Waals surface area contributed by atoms with Crippen molar-refractivity contribution >= 4 is 58.4 Å². The van der Waals surface area contributed by atoms with E-state index in [0.29, 0.717) is 27.1 Å². The molecule has 0 saturated carbocycles. The molecule has 0 aliphatic carbocycles. The highest BCUT2D eigenvalue weighted by Crippen LogP contribution is 2.21. The van der Waals surface area contributed by atoms with Gasteiger partial charge in [-0.05, 0) is 69.1 Å². The summed E-state index contributed by atoms with van der Waals surface area (Å²) >= 11 is 1.28. The number of hydrogen-bond acceptors (Lipinski definition) is 11. The van der Waals surface area contributed by atoms with Crippen LogP contribution < -0.4 is 31.9 Å². The minimum Gasteiger partial charge on any atom is -0.480 e. The summed E-state index contributed by atoms with van der Waals surface area (Å²) in [5, 5.41) is 49.5. The lowest BCUT2D eigenvalue weighted by Gasteiger charge is -2.27. The molecule has 18 heteroatoms. The quantitative estimate of drug-likeness (QED) is 0.0805. The highest BCUT2D eigenvalue weighted by molar-refractivity contribution is 7.09. The lowest BCUT2D eigenvalue weighted by molar-refractivity contribution is -0.144. The molecule has 9 N–H and O–H groups in total. The summed E-state index contributed by atoms with van der Waals surface area (Å²) in [4.78, 5) is 102. The van der Waals surface area contributed by atoms with Crippen molar-refractivity contribution in [3.05, 3.63) is 178 Å². The predicted octanol–water partition coefficient (Wildman–Crippen LogP) is 2.51. The molecule has 17 nitrogen and oxygen atoms in total. The summed E-state index contributed by atoms with van der Waals surface area (Å²) < 4.78 is 0. The minimum absolute atomic E-state index is 0.0704. The van der Waals surface area contributed by atoms with Crippen molar-refractivity contribution in [2.75, 3.05) is 5.32 Å². The van der Waals surface area contributed by atoms with Gasteiger partial charge in [0.15, 0.2) is 12.2 Å². The van der Waals surface area contributed by atoms with E-state index in [0.717, 1.165) is 11.1 Å². The third-order valence-corrected chi connectivity index (χ3v) is 12.5. The van der Waals surface area contributed by atoms with Crippen LogP contribution in [0.4, 0.5) is 5.69 Å². The number of aliphatic hydroxyl groups excluding tert-OH is 2. The highest BCUT2D eigenvalue weighted by atomic mass is 32.1. The normalized spacial score (nSPS) is 20.9. The molecule has 0 unspecified atom stereocenters. The zero-order valence-corrected chi connectivity index (χ0v) is 38.4. The van der Waals surface area contributed by atoms with Crippen molar-refractivity contribution in [1.82, 2.24) is 31.6 Å². The van der Waals surface area contributed by atoms with Gasteiger partial charge in [-0.3, -0.25) is 33.8 Å². The Morgan fingerprint density at radius 3 is 1.70 bits per heavy atom. The molecule has 2 bridgehead atoms. The van der Waals surface area contributed by atoms with Gasteiger partial charge in [0.25, 0.3) is 11.8 Å². The summed E-state index contributed by atoms with van der Waals surface area (Å²) in [6.45, 7) is 0. The van der Waals surface area contributed by atoms with Crippen LogP contribution in [-0.4, -0.2) is 104 Å². The van der Waals surface area contributed by atoms with Gasteiger partial charge in [-0.25, -0.2) is 4.79 Å². The van der Waals surface area contributed by atoms with E-state index < -0.39 is 83.8 Å². The Kier molecular flexibility index (Phi) is 16.9. The van der Waals surface area contributed by atoms with Crippen molar-refractivity contribution in [2.24, 2.45) is 0 Å². The van der Waals surface area contributed by atoms with E-state index in [2.05, 4.69) is 36.9 Å². The number of thiophene rings is 1. The molecule has 6 amide bonds. The third-order valence-electron chi connectivity index (χ3n) is 11.6. The molecule has 2 aliphatic heterocycles. The molecule has 6 aromatic rings. The first kappa shape index (κ1) is 49.8. The number of rotatable bonds is 12. The molecule has 360 valence electrons. The van der Waals surface area contributed by atoms with Gasteiger partial charge in [0.05, 0.1) is 0 Å². The summed E-state index contributed by atoms with van der Waals surface area (Å²) in [7, 11) is 0. The average molecular weight is 966 g/mol. The van der Waals surface area contributed by atoms with Crippen molar-refractivity contribution in [3.63, 3.8) is 0 Å². The molecule has 2 aromatic heterocycles. The molecule has 70 heavy (non-hydrogen) atoms. The number of carbonyl (C=O) groups is 7. The largest absolute Gasteiger partial charge is 0.480 e. The van der Waals surface area contributed by atoms with Gasteiger partial charge < -0.3 is 47.2 Å². The molecule has 8 rings (SSSR count). The smallest absolute Gasteiger partial charge is 0.326 e. The monoisotopic (exact) mass is 965 g/mol. The summed E-state index contributed by atoms with van der Waals surface area (Å²) in [6.07, 6.45) is -1.90. The Labute approximate surface area is 406 Å². The number of pyridine rings is 1. The Balaban J connectivity index is 1.26. The SMILES string of the molecule is O=C(O)[C@H](Cc1ccccc1)NC(=O)[C@@H]1Cc2ccc(cc2)NC(=O)[C@H](O)[C@@H](O)C(=O)N[C@H](Cc2cccs2)C(=O)N[C@@H](Cc2ccc(-c3ccncc3)cc2)C(=O)N[C@H](Cc2ccccc2)C(=O)N1. The van der Waals surface area contributed by atoms with Crippen molar-refractivity contribution in [2.45, 2.75) is 74.5 Å². The topological polar surface area (TPSA) is 265 Å². The molecule has 0 saturated heterocycles. The fourth-order valence-electron chi connectivity index (χ4n) is 7.79. The molecule has 2 aliphatic rings. The number of carbonyl (C=O) groups excluding carboxylic acids is 6. The number of fused-ring (bicyclic) bond motifs is 18. The number of aliphatic carboxylic acids is 1. The van der Waals surface area contributed by atoms with Crippen LogP contribution in [-0.2, 0) is 65.7 Å². The first-order valence-corrected chi connectivity index (χ1v) is 23.3. The molecule has 0 radical (unpaired) electrons. The van der Waals surface area contributed by atoms with Crippen LogP contribution >= 0.6 is 11.3 Å².